The van der Waals surface area contributed by atoms with Crippen molar-refractivity contribution in [2.24, 2.45) is 11.8 Å². The van der Waals surface area contributed by atoms with Crippen LogP contribution in [-0.2, 0) is 6.42 Å². The molecule has 0 spiro atoms. The minimum Gasteiger partial charge on any atom is -0.371 e. The molecule has 0 saturated carbocycles. The molecule has 1 saturated heterocycles. The lowest BCUT2D eigenvalue weighted by Crippen LogP contribution is -2.46. The molecule has 1 aliphatic heterocycles. The van der Waals surface area contributed by atoms with E-state index in [0.717, 1.165) is 48.2 Å². The average Bonchev–Trinajstić information content (AvgIpc) is 3.67. The van der Waals surface area contributed by atoms with Crippen LogP contribution < -0.4 is 4.90 Å². The summed E-state index contributed by atoms with van der Waals surface area (Å²) in [5.74, 6) is -2.81. The number of hydrogen-bond acceptors (Lipinski definition) is 7. The molecule has 0 radical (unpaired) electrons. The van der Waals surface area contributed by atoms with Gasteiger partial charge < -0.3 is 4.90 Å². The van der Waals surface area contributed by atoms with Gasteiger partial charge in [0.15, 0.2) is 5.78 Å². The molecule has 1 aromatic carbocycles. The summed E-state index contributed by atoms with van der Waals surface area (Å²) in [5, 5.41) is 12.9. The Morgan fingerprint density at radius 2 is 1.76 bits per heavy atom. The van der Waals surface area contributed by atoms with Crippen LogP contribution in [0.1, 0.15) is 35.9 Å². The zero-order valence-electron chi connectivity index (χ0n) is 22.9. The zero-order valence-corrected chi connectivity index (χ0v) is 23.7. The van der Waals surface area contributed by atoms with E-state index in [1.54, 1.807) is 23.7 Å². The second kappa shape index (κ2) is 11.5. The summed E-state index contributed by atoms with van der Waals surface area (Å²) in [6.45, 7) is 5.80. The van der Waals surface area contributed by atoms with Gasteiger partial charge in [-0.05, 0) is 53.6 Å². The van der Waals surface area contributed by atoms with Crippen molar-refractivity contribution in [2.45, 2.75) is 26.3 Å². The summed E-state index contributed by atoms with van der Waals surface area (Å²) in [7, 11) is 0. The monoisotopic (exact) mass is 588 g/mol. The number of halogens is 3. The number of nitrogens with zero attached hydrogens (tertiary/aromatic N) is 6. The van der Waals surface area contributed by atoms with E-state index in [2.05, 4.69) is 44.4 Å². The van der Waals surface area contributed by atoms with Crippen LogP contribution in [0.15, 0.2) is 71.8 Å². The van der Waals surface area contributed by atoms with Crippen LogP contribution in [0.2, 0.25) is 0 Å². The Morgan fingerprint density at radius 3 is 2.48 bits per heavy atom. The summed E-state index contributed by atoms with van der Waals surface area (Å²) in [5.41, 5.74) is 2.23. The fraction of sp³-hybridized carbons (Fsp3) is 0.258. The first-order valence-electron chi connectivity index (χ1n) is 13.6. The minimum atomic E-state index is -0.958. The second-order valence-electron chi connectivity index (χ2n) is 10.7. The number of anilines is 1. The number of carbonyl (C=O) groups is 1. The Bertz CT molecular complexity index is 1710. The van der Waals surface area contributed by atoms with Crippen molar-refractivity contribution in [1.82, 2.24) is 25.0 Å². The summed E-state index contributed by atoms with van der Waals surface area (Å²) in [6, 6.07) is 9.52. The van der Waals surface area contributed by atoms with Crippen molar-refractivity contribution in [1.29, 1.82) is 0 Å². The number of benzene rings is 1. The molecule has 0 bridgehead atoms. The van der Waals surface area contributed by atoms with E-state index < -0.39 is 34.5 Å². The van der Waals surface area contributed by atoms with Crippen molar-refractivity contribution in [3.8, 4) is 22.5 Å². The third-order valence-electron chi connectivity index (χ3n) is 7.72. The van der Waals surface area contributed by atoms with Crippen molar-refractivity contribution in [3.05, 3.63) is 101 Å². The van der Waals surface area contributed by atoms with Crippen LogP contribution >= 0.6 is 11.3 Å². The van der Waals surface area contributed by atoms with Gasteiger partial charge in [0.1, 0.15) is 34.5 Å². The molecular formula is C31H27F3N6OS. The summed E-state index contributed by atoms with van der Waals surface area (Å²) < 4.78 is 45.3. The van der Waals surface area contributed by atoms with Crippen LogP contribution in [0.3, 0.4) is 0 Å². The molecule has 5 aromatic rings. The number of ketones is 1. The van der Waals surface area contributed by atoms with Crippen molar-refractivity contribution in [2.75, 3.05) is 18.0 Å². The normalized spacial score (nSPS) is 18.8. The fourth-order valence-electron chi connectivity index (χ4n) is 5.85. The van der Waals surface area contributed by atoms with E-state index in [4.69, 9.17) is 0 Å². The van der Waals surface area contributed by atoms with Crippen LogP contribution in [0.5, 0.6) is 0 Å². The Morgan fingerprint density at radius 1 is 1.00 bits per heavy atom. The first kappa shape index (κ1) is 27.8. The van der Waals surface area contributed by atoms with Crippen LogP contribution in [0, 0.1) is 29.3 Å². The van der Waals surface area contributed by atoms with Gasteiger partial charge in [-0.2, -0.15) is 11.3 Å². The van der Waals surface area contributed by atoms with E-state index in [1.807, 2.05) is 28.4 Å². The third kappa shape index (κ3) is 5.32. The molecule has 0 aliphatic carbocycles. The highest BCUT2D eigenvalue weighted by molar-refractivity contribution is 7.08. The molecule has 1 unspecified atom stereocenters. The Balaban J connectivity index is 1.22. The van der Waals surface area contributed by atoms with Crippen LogP contribution in [-0.4, -0.2) is 43.8 Å². The SMILES string of the molecule is C[C@@H]1CN(c2ccncc2CC(=O)c2ccc(F)c(-c3c(F)cccc3F)n2)C[C@H](C)C1n1cc(-c2ccsc2)nn1. The smallest absolute Gasteiger partial charge is 0.185 e. The number of thiophene rings is 1. The standard InChI is InChI=1S/C31H27F3N6OS/c1-18-14-39(15-19(2)31(18)40-16-26(37-38-40)20-9-11-42-17-20)27-8-10-35-13-21(27)12-28(41)25-7-6-24(34)30(36-25)29-22(32)4-3-5-23(29)33/h3-11,13,16-19,31H,12,14-15H2,1-2H3/t18-,19+,31?. The molecule has 5 heterocycles. The molecule has 6 rings (SSSR count). The minimum absolute atomic E-state index is 0.0588. The van der Waals surface area contributed by atoms with Crippen LogP contribution in [0.25, 0.3) is 22.5 Å². The molecular weight excluding hydrogens is 561 g/mol. The van der Waals surface area contributed by atoms with E-state index in [1.165, 1.54) is 12.1 Å². The largest absolute Gasteiger partial charge is 0.371 e. The van der Waals surface area contributed by atoms with Crippen LogP contribution in [0.4, 0.5) is 18.9 Å². The number of carbonyl (C=O) groups excluding carboxylic acids is 1. The summed E-state index contributed by atoms with van der Waals surface area (Å²) >= 11 is 1.62. The van der Waals surface area contributed by atoms with Gasteiger partial charge in [-0.1, -0.05) is 25.1 Å². The maximum absolute atomic E-state index is 14.6. The van der Waals surface area contributed by atoms with Crippen molar-refractivity contribution >= 4 is 22.8 Å². The van der Waals surface area contributed by atoms with E-state index >= 15 is 0 Å². The predicted molar refractivity (Wildman–Crippen MR) is 155 cm³/mol. The molecule has 214 valence electrons. The Hall–Kier alpha value is -4.38. The van der Waals surface area contributed by atoms with E-state index in [-0.39, 0.29) is 30.0 Å². The molecule has 11 heteroatoms. The molecule has 42 heavy (non-hydrogen) atoms. The van der Waals surface area contributed by atoms with Gasteiger partial charge in [-0.25, -0.2) is 22.8 Å². The van der Waals surface area contributed by atoms with Gasteiger partial charge in [0, 0.05) is 54.1 Å². The number of Topliss-reactive ketones (excluding diaryl/α,β-unsaturated/α-hetero) is 1. The second-order valence-corrected chi connectivity index (χ2v) is 11.5. The lowest BCUT2D eigenvalue weighted by atomic mass is 9.85. The molecule has 1 fully saturated rings. The molecule has 0 N–H and O–H groups in total. The van der Waals surface area contributed by atoms with E-state index in [0.29, 0.717) is 5.56 Å². The zero-order chi connectivity index (χ0) is 29.4. The first-order valence-corrected chi connectivity index (χ1v) is 14.5. The van der Waals surface area contributed by atoms with E-state index in [9.17, 15) is 18.0 Å². The number of rotatable bonds is 7. The van der Waals surface area contributed by atoms with Gasteiger partial charge >= 0.3 is 0 Å². The topological polar surface area (TPSA) is 76.8 Å². The van der Waals surface area contributed by atoms with Gasteiger partial charge in [-0.3, -0.25) is 9.78 Å². The maximum atomic E-state index is 14.6. The molecule has 0 amide bonds. The van der Waals surface area contributed by atoms with Gasteiger partial charge in [-0.15, -0.1) is 5.10 Å². The van der Waals surface area contributed by atoms with Gasteiger partial charge in [0.05, 0.1) is 17.8 Å². The highest BCUT2D eigenvalue weighted by Crippen LogP contribution is 2.36. The van der Waals surface area contributed by atoms with Crippen molar-refractivity contribution < 1.29 is 18.0 Å². The number of aromatic nitrogens is 5. The fourth-order valence-corrected chi connectivity index (χ4v) is 6.50. The average molecular weight is 589 g/mol. The summed E-state index contributed by atoms with van der Waals surface area (Å²) in [4.78, 5) is 23.9. The lowest BCUT2D eigenvalue weighted by Gasteiger charge is -2.42. The van der Waals surface area contributed by atoms with Gasteiger partial charge in [0.25, 0.3) is 0 Å². The van der Waals surface area contributed by atoms with Gasteiger partial charge in [0.2, 0.25) is 0 Å². The number of piperidine rings is 1. The Labute approximate surface area is 244 Å². The highest BCUT2D eigenvalue weighted by Gasteiger charge is 2.35. The van der Waals surface area contributed by atoms with Crippen molar-refractivity contribution in [3.63, 3.8) is 0 Å². The third-order valence-corrected chi connectivity index (χ3v) is 8.40. The Kier molecular flexibility index (Phi) is 7.59. The maximum Gasteiger partial charge on any atom is 0.185 e. The first-order chi connectivity index (χ1) is 20.3. The quantitative estimate of drug-likeness (QED) is 0.199. The molecule has 1 aliphatic rings. The lowest BCUT2D eigenvalue weighted by molar-refractivity contribution is 0.0988. The highest BCUT2D eigenvalue weighted by atomic mass is 32.1. The molecule has 4 aromatic heterocycles. The predicted octanol–water partition coefficient (Wildman–Crippen LogP) is 6.64. The molecule has 7 nitrogen and oxygen atoms in total. The molecule has 3 atom stereocenters. The number of pyridine rings is 2. The summed E-state index contributed by atoms with van der Waals surface area (Å²) in [6.07, 6.45) is 5.27. The number of hydrogen-bond donors (Lipinski definition) is 0.